The van der Waals surface area contributed by atoms with Gasteiger partial charge < -0.3 is 15.0 Å². The Balaban J connectivity index is 1.73. The number of methoxy groups -OCH3 is 1. The third kappa shape index (κ3) is 4.19. The van der Waals surface area contributed by atoms with Crippen LogP contribution >= 0.6 is 0 Å². The fourth-order valence-corrected chi connectivity index (χ4v) is 3.22. The molecule has 0 bridgehead atoms. The first kappa shape index (κ1) is 17.9. The molecular formula is C18H23N5O3. The first-order chi connectivity index (χ1) is 12.6. The zero-order chi connectivity index (χ0) is 18.5. The van der Waals surface area contributed by atoms with Crippen LogP contribution in [-0.2, 0) is 6.54 Å². The third-order valence-corrected chi connectivity index (χ3v) is 4.57. The Labute approximate surface area is 152 Å². The second-order valence-electron chi connectivity index (χ2n) is 6.56. The van der Waals surface area contributed by atoms with Gasteiger partial charge in [0.15, 0.2) is 0 Å². The lowest BCUT2D eigenvalue weighted by molar-refractivity contribution is -0.384. The number of nitro benzene ring substituents is 1. The van der Waals surface area contributed by atoms with Crippen molar-refractivity contribution in [2.45, 2.75) is 26.3 Å². The largest absolute Gasteiger partial charge is 0.496 e. The number of rotatable bonds is 6. The normalized spacial score (nSPS) is 17.0. The number of anilines is 2. The topological polar surface area (TPSA) is 93.4 Å². The van der Waals surface area contributed by atoms with E-state index in [9.17, 15) is 10.1 Å². The SMILES string of the molecule is COc1ccc([N+](=O)[O-])cc1CNc1cc(N2CCCC(C)C2)ncn1. The van der Waals surface area contributed by atoms with Gasteiger partial charge in [-0.25, -0.2) is 9.97 Å². The maximum Gasteiger partial charge on any atom is 0.270 e. The van der Waals surface area contributed by atoms with Crippen molar-refractivity contribution in [1.82, 2.24) is 9.97 Å². The Morgan fingerprint density at radius 1 is 1.38 bits per heavy atom. The van der Waals surface area contributed by atoms with E-state index in [-0.39, 0.29) is 5.69 Å². The first-order valence-corrected chi connectivity index (χ1v) is 8.69. The van der Waals surface area contributed by atoms with Gasteiger partial charge in [-0.2, -0.15) is 0 Å². The second kappa shape index (κ2) is 7.99. The summed E-state index contributed by atoms with van der Waals surface area (Å²) in [6, 6.07) is 6.47. The molecule has 3 rings (SSSR count). The summed E-state index contributed by atoms with van der Waals surface area (Å²) in [4.78, 5) is 21.5. The molecule has 2 aromatic rings. The highest BCUT2D eigenvalue weighted by Crippen LogP contribution is 2.26. The molecule has 2 heterocycles. The lowest BCUT2D eigenvalue weighted by Crippen LogP contribution is -2.34. The number of benzene rings is 1. The Morgan fingerprint density at radius 3 is 2.96 bits per heavy atom. The van der Waals surface area contributed by atoms with Crippen LogP contribution in [0, 0.1) is 16.0 Å². The van der Waals surface area contributed by atoms with E-state index in [0.29, 0.717) is 29.6 Å². The van der Waals surface area contributed by atoms with Crippen molar-refractivity contribution >= 4 is 17.3 Å². The molecule has 0 saturated carbocycles. The van der Waals surface area contributed by atoms with Crippen molar-refractivity contribution in [2.75, 3.05) is 30.4 Å². The van der Waals surface area contributed by atoms with Crippen molar-refractivity contribution in [3.05, 3.63) is 46.3 Å². The highest BCUT2D eigenvalue weighted by molar-refractivity contribution is 5.50. The molecule has 0 amide bonds. The van der Waals surface area contributed by atoms with Gasteiger partial charge in [0.2, 0.25) is 0 Å². The molecule has 1 N–H and O–H groups in total. The molecule has 1 fully saturated rings. The molecule has 26 heavy (non-hydrogen) atoms. The lowest BCUT2D eigenvalue weighted by Gasteiger charge is -2.31. The zero-order valence-electron chi connectivity index (χ0n) is 15.0. The average molecular weight is 357 g/mol. The summed E-state index contributed by atoms with van der Waals surface area (Å²) in [5, 5.41) is 14.2. The summed E-state index contributed by atoms with van der Waals surface area (Å²) in [6.07, 6.45) is 3.96. The molecule has 138 valence electrons. The molecule has 1 aliphatic heterocycles. The first-order valence-electron chi connectivity index (χ1n) is 8.69. The molecule has 0 aliphatic carbocycles. The van der Waals surface area contributed by atoms with E-state index >= 15 is 0 Å². The van der Waals surface area contributed by atoms with Crippen molar-refractivity contribution in [3.8, 4) is 5.75 Å². The predicted octanol–water partition coefficient (Wildman–Crippen LogP) is 3.24. The number of aromatic nitrogens is 2. The highest BCUT2D eigenvalue weighted by atomic mass is 16.6. The van der Waals surface area contributed by atoms with Crippen molar-refractivity contribution in [1.29, 1.82) is 0 Å². The van der Waals surface area contributed by atoms with Gasteiger partial charge in [-0.05, 0) is 24.8 Å². The van der Waals surface area contributed by atoms with Crippen LogP contribution in [0.15, 0.2) is 30.6 Å². The summed E-state index contributed by atoms with van der Waals surface area (Å²) in [6.45, 7) is 4.62. The number of nitrogens with zero attached hydrogens (tertiary/aromatic N) is 4. The van der Waals surface area contributed by atoms with E-state index in [1.165, 1.54) is 25.0 Å². The summed E-state index contributed by atoms with van der Waals surface area (Å²) < 4.78 is 5.30. The summed E-state index contributed by atoms with van der Waals surface area (Å²) in [7, 11) is 1.55. The Kier molecular flexibility index (Phi) is 5.50. The van der Waals surface area contributed by atoms with Gasteiger partial charge in [-0.3, -0.25) is 10.1 Å². The molecule has 1 aliphatic rings. The number of nitrogens with one attached hydrogen (secondary N) is 1. The van der Waals surface area contributed by atoms with Crippen molar-refractivity contribution < 1.29 is 9.66 Å². The average Bonchev–Trinajstić information content (AvgIpc) is 2.66. The van der Waals surface area contributed by atoms with E-state index < -0.39 is 4.92 Å². The number of hydrogen-bond donors (Lipinski definition) is 1. The van der Waals surface area contributed by atoms with Crippen LogP contribution in [0.4, 0.5) is 17.3 Å². The second-order valence-corrected chi connectivity index (χ2v) is 6.56. The number of nitro groups is 1. The molecule has 1 atom stereocenters. The van der Waals surface area contributed by atoms with Gasteiger partial charge in [0.25, 0.3) is 5.69 Å². The molecule has 1 aromatic heterocycles. The number of ether oxygens (including phenoxy) is 1. The van der Waals surface area contributed by atoms with Gasteiger partial charge in [0.1, 0.15) is 23.7 Å². The lowest BCUT2D eigenvalue weighted by atomic mass is 10.0. The molecule has 8 heteroatoms. The molecule has 8 nitrogen and oxygen atoms in total. The Morgan fingerprint density at radius 2 is 2.23 bits per heavy atom. The smallest absolute Gasteiger partial charge is 0.270 e. The van der Waals surface area contributed by atoms with E-state index in [1.54, 1.807) is 19.5 Å². The molecule has 0 radical (unpaired) electrons. The van der Waals surface area contributed by atoms with Crippen LogP contribution < -0.4 is 15.0 Å². The Bertz CT molecular complexity index is 783. The van der Waals surface area contributed by atoms with Crippen LogP contribution in [-0.4, -0.2) is 35.1 Å². The van der Waals surface area contributed by atoms with E-state index in [4.69, 9.17) is 4.74 Å². The zero-order valence-corrected chi connectivity index (χ0v) is 15.0. The van der Waals surface area contributed by atoms with E-state index in [2.05, 4.69) is 27.1 Å². The summed E-state index contributed by atoms with van der Waals surface area (Å²) in [5.41, 5.74) is 0.738. The number of piperidine rings is 1. The van der Waals surface area contributed by atoms with Gasteiger partial charge in [0, 0.05) is 43.4 Å². The quantitative estimate of drug-likeness (QED) is 0.626. The molecule has 0 spiro atoms. The van der Waals surface area contributed by atoms with Gasteiger partial charge in [-0.1, -0.05) is 6.92 Å². The van der Waals surface area contributed by atoms with Crippen molar-refractivity contribution in [3.63, 3.8) is 0 Å². The van der Waals surface area contributed by atoms with Crippen LogP contribution in [0.2, 0.25) is 0 Å². The standard InChI is InChI=1S/C18H23N5O3/c1-13-4-3-7-22(11-13)18-9-17(20-12-21-18)19-10-14-8-15(23(24)25)5-6-16(14)26-2/h5-6,8-9,12-13H,3-4,7,10-11H2,1-2H3,(H,19,20,21). The van der Waals surface area contributed by atoms with Crippen LogP contribution in [0.3, 0.4) is 0 Å². The summed E-state index contributed by atoms with van der Waals surface area (Å²) >= 11 is 0. The molecule has 1 unspecified atom stereocenters. The summed E-state index contributed by atoms with van der Waals surface area (Å²) in [5.74, 6) is 2.84. The van der Waals surface area contributed by atoms with Gasteiger partial charge in [0.05, 0.1) is 12.0 Å². The number of hydrogen-bond acceptors (Lipinski definition) is 7. The fraction of sp³-hybridized carbons (Fsp3) is 0.444. The maximum absolute atomic E-state index is 11.0. The minimum absolute atomic E-state index is 0.0354. The highest BCUT2D eigenvalue weighted by Gasteiger charge is 2.18. The third-order valence-electron chi connectivity index (χ3n) is 4.57. The minimum atomic E-state index is -0.413. The molecule has 1 saturated heterocycles. The van der Waals surface area contributed by atoms with Crippen LogP contribution in [0.25, 0.3) is 0 Å². The Hall–Kier alpha value is -2.90. The minimum Gasteiger partial charge on any atom is -0.496 e. The van der Waals surface area contributed by atoms with E-state index in [0.717, 1.165) is 18.9 Å². The molecular weight excluding hydrogens is 334 g/mol. The van der Waals surface area contributed by atoms with Crippen LogP contribution in [0.1, 0.15) is 25.3 Å². The fourth-order valence-electron chi connectivity index (χ4n) is 3.22. The van der Waals surface area contributed by atoms with Gasteiger partial charge in [-0.15, -0.1) is 0 Å². The number of non-ortho nitro benzene ring substituents is 1. The molecule has 1 aromatic carbocycles. The van der Waals surface area contributed by atoms with E-state index in [1.807, 2.05) is 6.07 Å². The maximum atomic E-state index is 11.0. The predicted molar refractivity (Wildman–Crippen MR) is 99.6 cm³/mol. The van der Waals surface area contributed by atoms with Crippen LogP contribution in [0.5, 0.6) is 5.75 Å². The van der Waals surface area contributed by atoms with Gasteiger partial charge >= 0.3 is 0 Å². The van der Waals surface area contributed by atoms with Crippen molar-refractivity contribution in [2.24, 2.45) is 5.92 Å². The monoisotopic (exact) mass is 357 g/mol.